The highest BCUT2D eigenvalue weighted by atomic mass is 16.1. The topological polar surface area (TPSA) is 20.3 Å². The number of ketones is 1. The van der Waals surface area contributed by atoms with Crippen molar-refractivity contribution in [3.05, 3.63) is 150 Å². The first-order valence-corrected chi connectivity index (χ1v) is 14.0. The van der Waals surface area contributed by atoms with Gasteiger partial charge >= 0.3 is 0 Å². The molecule has 0 saturated heterocycles. The number of fused-ring (bicyclic) bond motifs is 1. The summed E-state index contributed by atoms with van der Waals surface area (Å²) in [4.78, 5) is 17.3. The summed E-state index contributed by atoms with van der Waals surface area (Å²) in [5, 5.41) is 0. The van der Waals surface area contributed by atoms with Gasteiger partial charge in [-0.1, -0.05) is 129 Å². The van der Waals surface area contributed by atoms with Gasteiger partial charge in [-0.25, -0.2) is 0 Å². The molecule has 0 N–H and O–H groups in total. The average molecular weight is 510 g/mol. The molecular formula is C37H35NO. The Morgan fingerprint density at radius 3 is 1.97 bits per heavy atom. The molecular weight excluding hydrogens is 474 g/mol. The van der Waals surface area contributed by atoms with Gasteiger partial charge in [0.05, 0.1) is 11.5 Å². The Morgan fingerprint density at radius 2 is 1.33 bits per heavy atom. The number of hydrogen-bond donors (Lipinski definition) is 0. The fourth-order valence-electron chi connectivity index (χ4n) is 7.26. The van der Waals surface area contributed by atoms with Crippen LogP contribution in [0.1, 0.15) is 53.7 Å². The minimum atomic E-state index is -0.606. The molecule has 1 spiro atoms. The van der Waals surface area contributed by atoms with Crippen LogP contribution in [0.2, 0.25) is 0 Å². The van der Waals surface area contributed by atoms with Gasteiger partial charge in [0, 0.05) is 23.7 Å². The van der Waals surface area contributed by atoms with Gasteiger partial charge < -0.3 is 4.90 Å². The van der Waals surface area contributed by atoms with Gasteiger partial charge in [0.25, 0.3) is 0 Å². The molecule has 4 aromatic carbocycles. The predicted molar refractivity (Wildman–Crippen MR) is 163 cm³/mol. The normalized spacial score (nSPS) is 23.8. The van der Waals surface area contributed by atoms with Crippen molar-refractivity contribution in [2.75, 3.05) is 11.9 Å². The number of likely N-dealkylation sites (N-methyl/N-ethyl adjacent to an activating group) is 1. The maximum atomic E-state index is 14.9. The quantitative estimate of drug-likeness (QED) is 0.243. The van der Waals surface area contributed by atoms with Crippen LogP contribution in [0.25, 0.3) is 11.1 Å². The molecule has 6 rings (SSSR count). The lowest BCUT2D eigenvalue weighted by molar-refractivity contribution is 0.0874. The zero-order valence-corrected chi connectivity index (χ0v) is 23.0. The second-order valence-corrected chi connectivity index (χ2v) is 11.1. The predicted octanol–water partition coefficient (Wildman–Crippen LogP) is 8.61. The van der Waals surface area contributed by atoms with E-state index in [-0.39, 0.29) is 11.2 Å². The Bertz CT molecular complexity index is 1550. The van der Waals surface area contributed by atoms with Crippen molar-refractivity contribution < 1.29 is 4.79 Å². The Kier molecular flexibility index (Phi) is 6.35. The maximum absolute atomic E-state index is 14.9. The molecule has 1 heterocycles. The van der Waals surface area contributed by atoms with Crippen LogP contribution in [0.15, 0.2) is 127 Å². The molecule has 4 aromatic rings. The van der Waals surface area contributed by atoms with Crippen LogP contribution in [-0.2, 0) is 5.41 Å². The Morgan fingerprint density at radius 1 is 0.769 bits per heavy atom. The molecule has 1 aliphatic carbocycles. The molecule has 1 aliphatic heterocycles. The number of hydrogen-bond acceptors (Lipinski definition) is 2. The summed E-state index contributed by atoms with van der Waals surface area (Å²) in [6.45, 7) is 4.64. The third-order valence-electron chi connectivity index (χ3n) is 9.02. The molecule has 0 radical (unpaired) electrons. The molecule has 0 amide bonds. The first-order chi connectivity index (χ1) is 19.0. The molecule has 0 aromatic heterocycles. The molecule has 3 atom stereocenters. The molecule has 2 aliphatic rings. The van der Waals surface area contributed by atoms with Crippen LogP contribution in [0.4, 0.5) is 5.69 Å². The van der Waals surface area contributed by atoms with Crippen molar-refractivity contribution in [1.82, 2.24) is 0 Å². The van der Waals surface area contributed by atoms with Crippen LogP contribution < -0.4 is 4.90 Å². The summed E-state index contributed by atoms with van der Waals surface area (Å²) in [5.41, 5.74) is 6.87. The summed E-state index contributed by atoms with van der Waals surface area (Å²) in [6.07, 6.45) is 6.68. The van der Waals surface area contributed by atoms with Crippen molar-refractivity contribution in [2.45, 2.75) is 37.6 Å². The lowest BCUT2D eigenvalue weighted by atomic mass is 9.55. The first kappa shape index (κ1) is 25.1. The monoisotopic (exact) mass is 509 g/mol. The van der Waals surface area contributed by atoms with Crippen molar-refractivity contribution in [1.29, 1.82) is 0 Å². The summed E-state index contributed by atoms with van der Waals surface area (Å²) in [7, 11) is 2.19. The summed E-state index contributed by atoms with van der Waals surface area (Å²) >= 11 is 0. The van der Waals surface area contributed by atoms with E-state index in [0.29, 0.717) is 0 Å². The summed E-state index contributed by atoms with van der Waals surface area (Å²) in [5.74, 6) is -0.236. The van der Waals surface area contributed by atoms with E-state index in [1.165, 1.54) is 16.8 Å². The number of carbonyl (C=O) groups excluding carboxylic acids is 1. The molecule has 0 unspecified atom stereocenters. The summed E-state index contributed by atoms with van der Waals surface area (Å²) < 4.78 is 0. The highest BCUT2D eigenvalue weighted by molar-refractivity contribution is 6.10. The summed E-state index contributed by atoms with van der Waals surface area (Å²) in [6, 6.07) is 39.7. The van der Waals surface area contributed by atoms with E-state index in [2.05, 4.69) is 117 Å². The number of benzene rings is 4. The Labute approximate surface area is 232 Å². The zero-order valence-electron chi connectivity index (χ0n) is 23.0. The van der Waals surface area contributed by atoms with Gasteiger partial charge in [-0.05, 0) is 52.5 Å². The van der Waals surface area contributed by atoms with Crippen molar-refractivity contribution in [3.63, 3.8) is 0 Å². The van der Waals surface area contributed by atoms with E-state index in [0.717, 1.165) is 35.1 Å². The van der Waals surface area contributed by atoms with E-state index in [4.69, 9.17) is 0 Å². The smallest absolute Gasteiger partial charge is 0.173 e. The Hall–Kier alpha value is -4.17. The van der Waals surface area contributed by atoms with Gasteiger partial charge in [0.15, 0.2) is 5.78 Å². The number of allylic oxidation sites excluding steroid dienone is 2. The van der Waals surface area contributed by atoms with Gasteiger partial charge in [-0.3, -0.25) is 4.79 Å². The second kappa shape index (κ2) is 9.85. The largest absolute Gasteiger partial charge is 0.363 e. The van der Waals surface area contributed by atoms with E-state index >= 15 is 0 Å². The van der Waals surface area contributed by atoms with Crippen molar-refractivity contribution in [2.24, 2.45) is 5.92 Å². The number of rotatable bonds is 6. The van der Waals surface area contributed by atoms with Crippen molar-refractivity contribution in [3.8, 4) is 0 Å². The van der Waals surface area contributed by atoms with E-state index < -0.39 is 11.5 Å². The fraction of sp³-hybridized carbons (Fsp3) is 0.216. The third-order valence-corrected chi connectivity index (χ3v) is 9.02. The standard InChI is InChI=1S/C37H35NO/c1-4-24-36(2)32-22-14-15-23-33(32)38(3)37(36)26-30(27-16-8-5-9-17-27)25-31(28-18-10-6-11-19-28)34(37)35(39)29-20-12-7-13-21-29/h5-23,25-26,34H,4,24H2,1-3H3/t34-,36+,37-/m1/s1. The van der Waals surface area contributed by atoms with Gasteiger partial charge in [0.2, 0.25) is 0 Å². The average Bonchev–Trinajstić information content (AvgIpc) is 3.17. The maximum Gasteiger partial charge on any atom is 0.173 e. The molecule has 0 fully saturated rings. The molecule has 0 saturated carbocycles. The fourth-order valence-corrected chi connectivity index (χ4v) is 7.26. The number of anilines is 1. The molecule has 2 nitrogen and oxygen atoms in total. The van der Waals surface area contributed by atoms with Gasteiger partial charge in [-0.15, -0.1) is 0 Å². The van der Waals surface area contributed by atoms with Crippen molar-refractivity contribution >= 4 is 22.6 Å². The Balaban J connectivity index is 1.71. The number of para-hydroxylation sites is 1. The zero-order chi connectivity index (χ0) is 27.0. The highest BCUT2D eigenvalue weighted by Gasteiger charge is 2.63. The van der Waals surface area contributed by atoms with Gasteiger partial charge in [0.1, 0.15) is 0 Å². The number of carbonyl (C=O) groups is 1. The third kappa shape index (κ3) is 3.81. The van der Waals surface area contributed by atoms with Crippen LogP contribution in [-0.4, -0.2) is 18.4 Å². The lowest BCUT2D eigenvalue weighted by Crippen LogP contribution is -2.62. The first-order valence-electron chi connectivity index (χ1n) is 14.0. The molecule has 0 bridgehead atoms. The molecule has 39 heavy (non-hydrogen) atoms. The van der Waals surface area contributed by atoms with E-state index in [1.807, 2.05) is 36.4 Å². The molecule has 194 valence electrons. The van der Waals surface area contributed by atoms with Crippen LogP contribution in [0.5, 0.6) is 0 Å². The lowest BCUT2D eigenvalue weighted by Gasteiger charge is -2.53. The molecule has 2 heteroatoms. The van der Waals surface area contributed by atoms with Crippen LogP contribution in [0, 0.1) is 5.92 Å². The van der Waals surface area contributed by atoms with Gasteiger partial charge in [-0.2, -0.15) is 0 Å². The number of nitrogens with zero attached hydrogens (tertiary/aromatic N) is 1. The second-order valence-electron chi connectivity index (χ2n) is 11.1. The number of Topliss-reactive ketones (excluding diaryl/α,β-unsaturated/α-hetero) is 1. The minimum Gasteiger partial charge on any atom is -0.363 e. The van der Waals surface area contributed by atoms with E-state index in [1.54, 1.807) is 0 Å². The minimum absolute atomic E-state index is 0.163. The van der Waals surface area contributed by atoms with E-state index in [9.17, 15) is 4.79 Å². The highest BCUT2D eigenvalue weighted by Crippen LogP contribution is 2.62. The van der Waals surface area contributed by atoms with Crippen LogP contribution in [0.3, 0.4) is 0 Å². The van der Waals surface area contributed by atoms with Crippen LogP contribution >= 0.6 is 0 Å². The SMILES string of the molecule is CCC[C@@]1(C)c2ccccc2N(C)[C@@]12C=C(c1ccccc1)C=C(c1ccccc1)[C@@H]2C(=O)c1ccccc1.